The van der Waals surface area contributed by atoms with Gasteiger partial charge in [-0.1, -0.05) is 18.2 Å². The van der Waals surface area contributed by atoms with Crippen LogP contribution in [0.25, 0.3) is 10.9 Å². The molecule has 0 atom stereocenters. The summed E-state index contributed by atoms with van der Waals surface area (Å²) in [6.45, 7) is 5.86. The molecule has 0 unspecified atom stereocenters. The molecule has 0 bridgehead atoms. The first-order valence-electron chi connectivity index (χ1n) is 7.29. The van der Waals surface area contributed by atoms with E-state index in [2.05, 4.69) is 46.9 Å². The van der Waals surface area contributed by atoms with Gasteiger partial charge in [0.2, 0.25) is 0 Å². The fourth-order valence-electron chi connectivity index (χ4n) is 2.58. The summed E-state index contributed by atoms with van der Waals surface area (Å²) >= 11 is 0. The molecule has 1 aromatic carbocycles. The number of aryl methyl sites for hydroxylation is 1. The molecule has 0 spiro atoms. The van der Waals surface area contributed by atoms with Gasteiger partial charge in [0.1, 0.15) is 0 Å². The Bertz CT molecular complexity index is 564. The number of nitrogens with one attached hydrogen (secondary N) is 1. The SMILES string of the molecule is C=CCCCn1ccc2c(CNC3CC3)cccc21. The van der Waals surface area contributed by atoms with Crippen LogP contribution in [-0.2, 0) is 13.1 Å². The number of aromatic nitrogens is 1. The predicted molar refractivity (Wildman–Crippen MR) is 81.2 cm³/mol. The van der Waals surface area contributed by atoms with Crippen LogP contribution in [0, 0.1) is 0 Å². The molecule has 1 aromatic heterocycles. The average molecular weight is 254 g/mol. The highest BCUT2D eigenvalue weighted by Gasteiger charge is 2.20. The van der Waals surface area contributed by atoms with Gasteiger partial charge in [0, 0.05) is 36.2 Å². The standard InChI is InChI=1S/C17H22N2/c1-2-3-4-11-19-12-10-16-14(6-5-7-17(16)19)13-18-15-8-9-15/h2,5-7,10,12,15,18H,1,3-4,8-9,11,13H2. The number of benzene rings is 1. The molecule has 1 N–H and O–H groups in total. The molecular weight excluding hydrogens is 232 g/mol. The van der Waals surface area contributed by atoms with Crippen molar-refractivity contribution in [3.63, 3.8) is 0 Å². The highest BCUT2D eigenvalue weighted by atomic mass is 15.0. The first-order chi connectivity index (χ1) is 9.38. The molecule has 2 heteroatoms. The number of nitrogens with zero attached hydrogens (tertiary/aromatic N) is 1. The summed E-state index contributed by atoms with van der Waals surface area (Å²) in [5.74, 6) is 0. The van der Waals surface area contributed by atoms with E-state index < -0.39 is 0 Å². The zero-order valence-corrected chi connectivity index (χ0v) is 11.4. The van der Waals surface area contributed by atoms with Crippen molar-refractivity contribution in [1.82, 2.24) is 9.88 Å². The number of hydrogen-bond donors (Lipinski definition) is 1. The zero-order valence-electron chi connectivity index (χ0n) is 11.4. The van der Waals surface area contributed by atoms with Crippen LogP contribution in [0.2, 0.25) is 0 Å². The van der Waals surface area contributed by atoms with Crippen molar-refractivity contribution in [3.8, 4) is 0 Å². The first-order valence-corrected chi connectivity index (χ1v) is 7.29. The van der Waals surface area contributed by atoms with Crippen LogP contribution in [-0.4, -0.2) is 10.6 Å². The van der Waals surface area contributed by atoms with Crippen LogP contribution in [0.15, 0.2) is 43.1 Å². The smallest absolute Gasteiger partial charge is 0.0483 e. The molecule has 1 fully saturated rings. The van der Waals surface area contributed by atoms with Crippen LogP contribution in [0.1, 0.15) is 31.2 Å². The van der Waals surface area contributed by atoms with Gasteiger partial charge >= 0.3 is 0 Å². The Labute approximate surface area is 115 Å². The van der Waals surface area contributed by atoms with E-state index in [0.29, 0.717) is 0 Å². The van der Waals surface area contributed by atoms with E-state index in [-0.39, 0.29) is 0 Å². The molecule has 1 aliphatic rings. The lowest BCUT2D eigenvalue weighted by molar-refractivity contribution is 0.670. The van der Waals surface area contributed by atoms with E-state index in [0.717, 1.165) is 32.0 Å². The van der Waals surface area contributed by atoms with E-state index in [1.54, 1.807) is 0 Å². The van der Waals surface area contributed by atoms with Gasteiger partial charge in [-0.05, 0) is 43.4 Å². The molecule has 3 rings (SSSR count). The number of hydrogen-bond acceptors (Lipinski definition) is 1. The molecule has 2 aromatic rings. The minimum Gasteiger partial charge on any atom is -0.347 e. The van der Waals surface area contributed by atoms with Crippen LogP contribution in [0.4, 0.5) is 0 Å². The van der Waals surface area contributed by atoms with Crippen molar-refractivity contribution in [2.24, 2.45) is 0 Å². The predicted octanol–water partition coefficient (Wildman–Crippen LogP) is 3.86. The van der Waals surface area contributed by atoms with Gasteiger partial charge in [-0.15, -0.1) is 6.58 Å². The maximum Gasteiger partial charge on any atom is 0.0483 e. The highest BCUT2D eigenvalue weighted by molar-refractivity contribution is 5.83. The van der Waals surface area contributed by atoms with E-state index in [1.807, 2.05) is 6.08 Å². The molecule has 1 heterocycles. The highest BCUT2D eigenvalue weighted by Crippen LogP contribution is 2.23. The van der Waals surface area contributed by atoms with E-state index in [1.165, 1.54) is 29.3 Å². The third-order valence-corrected chi connectivity index (χ3v) is 3.87. The lowest BCUT2D eigenvalue weighted by Gasteiger charge is -2.07. The zero-order chi connectivity index (χ0) is 13.1. The van der Waals surface area contributed by atoms with Crippen molar-refractivity contribution < 1.29 is 0 Å². The van der Waals surface area contributed by atoms with E-state index >= 15 is 0 Å². The van der Waals surface area contributed by atoms with Gasteiger partial charge in [0.05, 0.1) is 0 Å². The summed E-state index contributed by atoms with van der Waals surface area (Å²) in [6.07, 6.45) is 9.16. The summed E-state index contributed by atoms with van der Waals surface area (Å²) in [7, 11) is 0. The largest absolute Gasteiger partial charge is 0.347 e. The summed E-state index contributed by atoms with van der Waals surface area (Å²) in [6, 6.07) is 9.67. The first kappa shape index (κ1) is 12.5. The molecule has 0 aliphatic heterocycles. The number of unbranched alkanes of at least 4 members (excludes halogenated alkanes) is 1. The Hall–Kier alpha value is -1.54. The van der Waals surface area contributed by atoms with E-state index in [4.69, 9.17) is 0 Å². The maximum absolute atomic E-state index is 3.79. The molecule has 2 nitrogen and oxygen atoms in total. The lowest BCUT2D eigenvalue weighted by Crippen LogP contribution is -2.15. The van der Waals surface area contributed by atoms with Crippen molar-refractivity contribution in [3.05, 3.63) is 48.7 Å². The van der Waals surface area contributed by atoms with Crippen molar-refractivity contribution in [2.45, 2.75) is 44.8 Å². The Morgan fingerprint density at radius 2 is 2.21 bits per heavy atom. The van der Waals surface area contributed by atoms with Gasteiger partial charge in [-0.3, -0.25) is 0 Å². The van der Waals surface area contributed by atoms with Crippen molar-refractivity contribution >= 4 is 10.9 Å². The van der Waals surface area contributed by atoms with Crippen LogP contribution >= 0.6 is 0 Å². The fraction of sp³-hybridized carbons (Fsp3) is 0.412. The molecule has 0 saturated heterocycles. The number of allylic oxidation sites excluding steroid dienone is 1. The Kier molecular flexibility index (Phi) is 3.69. The Morgan fingerprint density at radius 1 is 1.32 bits per heavy atom. The topological polar surface area (TPSA) is 17.0 Å². The number of fused-ring (bicyclic) bond motifs is 1. The van der Waals surface area contributed by atoms with Gasteiger partial charge in [0.15, 0.2) is 0 Å². The monoisotopic (exact) mass is 254 g/mol. The van der Waals surface area contributed by atoms with E-state index in [9.17, 15) is 0 Å². The van der Waals surface area contributed by atoms with Crippen molar-refractivity contribution in [1.29, 1.82) is 0 Å². The molecule has 0 radical (unpaired) electrons. The molecule has 0 amide bonds. The lowest BCUT2D eigenvalue weighted by atomic mass is 10.1. The second kappa shape index (κ2) is 5.62. The summed E-state index contributed by atoms with van der Waals surface area (Å²) < 4.78 is 2.36. The fourth-order valence-corrected chi connectivity index (χ4v) is 2.58. The molecular formula is C17H22N2. The molecule has 19 heavy (non-hydrogen) atoms. The minimum absolute atomic E-state index is 0.768. The van der Waals surface area contributed by atoms with Gasteiger partial charge < -0.3 is 9.88 Å². The third-order valence-electron chi connectivity index (χ3n) is 3.87. The van der Waals surface area contributed by atoms with Gasteiger partial charge in [-0.25, -0.2) is 0 Å². The third kappa shape index (κ3) is 2.90. The quantitative estimate of drug-likeness (QED) is 0.586. The maximum atomic E-state index is 3.79. The summed E-state index contributed by atoms with van der Waals surface area (Å²) in [4.78, 5) is 0. The summed E-state index contributed by atoms with van der Waals surface area (Å²) in [5, 5.41) is 5.00. The summed E-state index contributed by atoms with van der Waals surface area (Å²) in [5.41, 5.74) is 2.78. The Balaban J connectivity index is 1.77. The molecule has 100 valence electrons. The van der Waals surface area contributed by atoms with Crippen LogP contribution in [0.3, 0.4) is 0 Å². The normalized spacial score (nSPS) is 14.9. The second-order valence-corrected chi connectivity index (χ2v) is 5.45. The van der Waals surface area contributed by atoms with Crippen LogP contribution < -0.4 is 5.32 Å². The van der Waals surface area contributed by atoms with Crippen LogP contribution in [0.5, 0.6) is 0 Å². The van der Waals surface area contributed by atoms with Gasteiger partial charge in [-0.2, -0.15) is 0 Å². The minimum atomic E-state index is 0.768. The molecule has 1 saturated carbocycles. The molecule has 1 aliphatic carbocycles. The Morgan fingerprint density at radius 3 is 3.00 bits per heavy atom. The van der Waals surface area contributed by atoms with Gasteiger partial charge in [0.25, 0.3) is 0 Å². The van der Waals surface area contributed by atoms with Crippen molar-refractivity contribution in [2.75, 3.05) is 0 Å². The number of rotatable bonds is 7. The average Bonchev–Trinajstić information content (AvgIpc) is 3.17. The second-order valence-electron chi connectivity index (χ2n) is 5.45.